The summed E-state index contributed by atoms with van der Waals surface area (Å²) >= 11 is 0. The Kier molecular flexibility index (Phi) is 7.10. The summed E-state index contributed by atoms with van der Waals surface area (Å²) < 4.78 is 40.3. The molecule has 0 N–H and O–H groups in total. The number of aromatic nitrogens is 2. The van der Waals surface area contributed by atoms with Crippen molar-refractivity contribution in [1.29, 1.82) is 0 Å². The Morgan fingerprint density at radius 1 is 1.03 bits per heavy atom. The number of carbonyl (C=O) groups excluding carboxylic acids is 1. The smallest absolute Gasteiger partial charge is 0.342 e. The third kappa shape index (κ3) is 5.26. The zero-order valence-electron chi connectivity index (χ0n) is 18.5. The molecule has 0 atom stereocenters. The molecule has 1 saturated heterocycles. The Morgan fingerprint density at radius 3 is 2.39 bits per heavy atom. The number of ether oxygens (including phenoxy) is 2. The minimum atomic E-state index is -3.70. The van der Waals surface area contributed by atoms with E-state index in [1.165, 1.54) is 29.6 Å². The fraction of sp³-hybridized carbons (Fsp3) is 0.333. The highest BCUT2D eigenvalue weighted by molar-refractivity contribution is 7.89. The Morgan fingerprint density at radius 2 is 1.76 bits per heavy atom. The van der Waals surface area contributed by atoms with Gasteiger partial charge in [0.25, 0.3) is 0 Å². The molecule has 0 saturated carbocycles. The summed E-state index contributed by atoms with van der Waals surface area (Å²) in [5.41, 5.74) is 1.77. The van der Waals surface area contributed by atoms with E-state index in [2.05, 4.69) is 5.10 Å². The average Bonchev–Trinajstić information content (AvgIpc) is 3.24. The first kappa shape index (κ1) is 23.0. The molecule has 2 heterocycles. The van der Waals surface area contributed by atoms with Crippen molar-refractivity contribution in [2.24, 2.45) is 0 Å². The third-order valence-electron chi connectivity index (χ3n) is 5.67. The maximum Gasteiger partial charge on any atom is 0.342 e. The van der Waals surface area contributed by atoms with Crippen LogP contribution in [0.25, 0.3) is 5.69 Å². The Labute approximate surface area is 193 Å². The van der Waals surface area contributed by atoms with Gasteiger partial charge in [-0.2, -0.15) is 9.40 Å². The van der Waals surface area contributed by atoms with Gasteiger partial charge in [-0.3, -0.25) is 0 Å². The van der Waals surface area contributed by atoms with Crippen molar-refractivity contribution < 1.29 is 22.7 Å². The van der Waals surface area contributed by atoms with E-state index in [-0.39, 0.29) is 22.8 Å². The van der Waals surface area contributed by atoms with Crippen LogP contribution in [0.1, 0.15) is 41.6 Å². The van der Waals surface area contributed by atoms with Gasteiger partial charge in [0.2, 0.25) is 10.0 Å². The van der Waals surface area contributed by atoms with Gasteiger partial charge in [-0.05, 0) is 54.8 Å². The first-order valence-corrected chi connectivity index (χ1v) is 12.4. The molecule has 8 nitrogen and oxygen atoms in total. The third-order valence-corrected chi connectivity index (χ3v) is 7.56. The minimum absolute atomic E-state index is 0.0461. The van der Waals surface area contributed by atoms with Gasteiger partial charge in [0.1, 0.15) is 17.9 Å². The van der Waals surface area contributed by atoms with Crippen LogP contribution in [-0.2, 0) is 21.4 Å². The van der Waals surface area contributed by atoms with Crippen molar-refractivity contribution >= 4 is 16.0 Å². The second kappa shape index (κ2) is 10.2. The van der Waals surface area contributed by atoms with Crippen molar-refractivity contribution in [1.82, 2.24) is 14.1 Å². The van der Waals surface area contributed by atoms with Crippen LogP contribution in [0, 0.1) is 0 Å². The molecule has 33 heavy (non-hydrogen) atoms. The largest absolute Gasteiger partial charge is 0.496 e. The molecule has 174 valence electrons. The molecule has 2 aromatic carbocycles. The molecule has 0 aliphatic carbocycles. The molecule has 1 aliphatic rings. The number of hydrogen-bond acceptors (Lipinski definition) is 6. The van der Waals surface area contributed by atoms with Crippen LogP contribution in [0.4, 0.5) is 0 Å². The number of nitrogens with zero attached hydrogens (tertiary/aromatic N) is 3. The lowest BCUT2D eigenvalue weighted by atomic mass is 10.2. The maximum absolute atomic E-state index is 13.1. The van der Waals surface area contributed by atoms with Crippen molar-refractivity contribution in [3.63, 3.8) is 0 Å². The van der Waals surface area contributed by atoms with E-state index in [0.717, 1.165) is 36.9 Å². The molecule has 1 fully saturated rings. The van der Waals surface area contributed by atoms with E-state index in [0.29, 0.717) is 13.1 Å². The van der Waals surface area contributed by atoms with Gasteiger partial charge in [0, 0.05) is 25.5 Å². The second-order valence-corrected chi connectivity index (χ2v) is 9.81. The predicted molar refractivity (Wildman–Crippen MR) is 123 cm³/mol. The van der Waals surface area contributed by atoms with E-state index >= 15 is 0 Å². The number of rotatable bonds is 7. The summed E-state index contributed by atoms with van der Waals surface area (Å²) in [6.07, 6.45) is 7.26. The first-order valence-electron chi connectivity index (χ1n) is 10.9. The van der Waals surface area contributed by atoms with Gasteiger partial charge in [0.15, 0.2) is 0 Å². The van der Waals surface area contributed by atoms with E-state index in [1.807, 2.05) is 36.5 Å². The van der Waals surface area contributed by atoms with Crippen molar-refractivity contribution in [3.8, 4) is 11.4 Å². The SMILES string of the molecule is COc1ccc(S(=O)(=O)N2CCCCCC2)cc1C(=O)OCc1ccc(-n2cccn2)cc1. The highest BCUT2D eigenvalue weighted by Crippen LogP contribution is 2.27. The normalized spacial score (nSPS) is 15.1. The summed E-state index contributed by atoms with van der Waals surface area (Å²) in [6.45, 7) is 1.02. The number of sulfonamides is 1. The van der Waals surface area contributed by atoms with Crippen LogP contribution >= 0.6 is 0 Å². The Bertz CT molecular complexity index is 1180. The molecule has 0 spiro atoms. The van der Waals surface area contributed by atoms with Gasteiger partial charge in [-0.25, -0.2) is 17.9 Å². The summed E-state index contributed by atoms with van der Waals surface area (Å²) in [5.74, 6) is -0.375. The summed E-state index contributed by atoms with van der Waals surface area (Å²) in [7, 11) is -2.26. The summed E-state index contributed by atoms with van der Waals surface area (Å²) in [4.78, 5) is 12.9. The molecule has 4 rings (SSSR count). The highest BCUT2D eigenvalue weighted by Gasteiger charge is 2.27. The fourth-order valence-corrected chi connectivity index (χ4v) is 5.38. The minimum Gasteiger partial charge on any atom is -0.496 e. The molecule has 9 heteroatoms. The summed E-state index contributed by atoms with van der Waals surface area (Å²) in [5, 5.41) is 4.18. The standard InChI is InChI=1S/C24H27N3O5S/c1-31-23-12-11-21(33(29,30)26-14-4-2-3-5-15-26)17-22(23)24(28)32-18-19-7-9-20(10-8-19)27-16-6-13-25-27/h6-13,16-17H,2-5,14-15,18H2,1H3. The molecular formula is C24H27N3O5S. The topological polar surface area (TPSA) is 90.7 Å². The Hall–Kier alpha value is -3.17. The number of methoxy groups -OCH3 is 1. The van der Waals surface area contributed by atoms with Gasteiger partial charge in [0.05, 0.1) is 17.7 Å². The lowest BCUT2D eigenvalue weighted by Crippen LogP contribution is -2.32. The van der Waals surface area contributed by atoms with E-state index < -0.39 is 16.0 Å². The quantitative estimate of drug-likeness (QED) is 0.489. The molecule has 1 aromatic heterocycles. The van der Waals surface area contributed by atoms with Gasteiger partial charge in [-0.15, -0.1) is 0 Å². The molecule has 0 unspecified atom stereocenters. The zero-order chi connectivity index (χ0) is 23.3. The molecule has 0 radical (unpaired) electrons. The predicted octanol–water partition coefficient (Wildman–Crippen LogP) is 3.80. The average molecular weight is 470 g/mol. The van der Waals surface area contributed by atoms with Crippen molar-refractivity contribution in [2.45, 2.75) is 37.2 Å². The second-order valence-electron chi connectivity index (χ2n) is 7.87. The van der Waals surface area contributed by atoms with Crippen LogP contribution in [0.2, 0.25) is 0 Å². The molecule has 1 aliphatic heterocycles. The zero-order valence-corrected chi connectivity index (χ0v) is 19.3. The monoisotopic (exact) mass is 469 g/mol. The van der Waals surface area contributed by atoms with Crippen LogP contribution in [-0.4, -0.2) is 48.7 Å². The first-order chi connectivity index (χ1) is 16.0. The fourth-order valence-electron chi connectivity index (χ4n) is 3.83. The lowest BCUT2D eigenvalue weighted by Gasteiger charge is -2.20. The molecule has 3 aromatic rings. The number of esters is 1. The number of carbonyl (C=O) groups is 1. The lowest BCUT2D eigenvalue weighted by molar-refractivity contribution is 0.0468. The van der Waals surface area contributed by atoms with Crippen LogP contribution < -0.4 is 4.74 Å². The van der Waals surface area contributed by atoms with Crippen LogP contribution in [0.3, 0.4) is 0 Å². The van der Waals surface area contributed by atoms with E-state index in [4.69, 9.17) is 9.47 Å². The van der Waals surface area contributed by atoms with Crippen molar-refractivity contribution in [3.05, 3.63) is 72.1 Å². The van der Waals surface area contributed by atoms with E-state index in [1.54, 1.807) is 10.9 Å². The van der Waals surface area contributed by atoms with Gasteiger partial charge >= 0.3 is 5.97 Å². The molecule has 0 amide bonds. The van der Waals surface area contributed by atoms with Crippen LogP contribution in [0.5, 0.6) is 5.75 Å². The molecular weight excluding hydrogens is 442 g/mol. The number of hydrogen-bond donors (Lipinski definition) is 0. The maximum atomic E-state index is 13.1. The highest BCUT2D eigenvalue weighted by atomic mass is 32.2. The van der Waals surface area contributed by atoms with Gasteiger partial charge < -0.3 is 9.47 Å². The summed E-state index contributed by atoms with van der Waals surface area (Å²) in [6, 6.07) is 13.6. The molecule has 0 bridgehead atoms. The van der Waals surface area contributed by atoms with Crippen molar-refractivity contribution in [2.75, 3.05) is 20.2 Å². The Balaban J connectivity index is 1.49. The van der Waals surface area contributed by atoms with Gasteiger partial charge in [-0.1, -0.05) is 25.0 Å². The van der Waals surface area contributed by atoms with Crippen LogP contribution in [0.15, 0.2) is 65.8 Å². The number of benzene rings is 2. The van der Waals surface area contributed by atoms with E-state index in [9.17, 15) is 13.2 Å².